The van der Waals surface area contributed by atoms with Crippen molar-refractivity contribution in [2.24, 2.45) is 23.2 Å². The van der Waals surface area contributed by atoms with E-state index in [1.165, 1.54) is 36.8 Å². The number of rotatable bonds is 8. The molecule has 4 heteroatoms. The summed E-state index contributed by atoms with van der Waals surface area (Å²) >= 11 is 0. The number of aliphatic hydroxyl groups excluding tert-OH is 3. The molecule has 3 N–H and O–H groups in total. The molecule has 4 saturated carbocycles. The minimum Gasteiger partial charge on any atom is -0.468 e. The zero-order valence-corrected chi connectivity index (χ0v) is 23.7. The second-order valence-corrected chi connectivity index (χ2v) is 13.1. The topological polar surface area (TPSA) is 73.8 Å². The van der Waals surface area contributed by atoms with Crippen molar-refractivity contribution in [2.75, 3.05) is 0 Å². The molecular weight excluding hydrogens is 472 g/mol. The highest BCUT2D eigenvalue weighted by atomic mass is 16.3. The van der Waals surface area contributed by atoms with Gasteiger partial charge in [-0.05, 0) is 104 Å². The summed E-state index contributed by atoms with van der Waals surface area (Å²) < 4.78 is 5.92. The normalized spacial score (nSPS) is 36.6. The highest BCUT2D eigenvalue weighted by molar-refractivity contribution is 5.39. The molecule has 0 unspecified atom stereocenters. The summed E-state index contributed by atoms with van der Waals surface area (Å²) in [5.41, 5.74) is 4.53. The molecule has 0 radical (unpaired) electrons. The Hall–Kier alpha value is -1.88. The van der Waals surface area contributed by atoms with E-state index in [1.807, 2.05) is 6.26 Å². The van der Waals surface area contributed by atoms with Crippen LogP contribution in [0.5, 0.6) is 0 Å². The first-order valence-electron chi connectivity index (χ1n) is 15.1. The van der Waals surface area contributed by atoms with Crippen LogP contribution in [0.4, 0.5) is 0 Å². The monoisotopic (exact) mass is 520 g/mol. The van der Waals surface area contributed by atoms with E-state index >= 15 is 0 Å². The Morgan fingerprint density at radius 2 is 1.95 bits per heavy atom. The molecule has 0 bridgehead atoms. The summed E-state index contributed by atoms with van der Waals surface area (Å²) in [5, 5.41) is 31.6. The molecule has 0 aliphatic heterocycles. The molecule has 1 heterocycles. The molecule has 0 amide bonds. The van der Waals surface area contributed by atoms with Crippen LogP contribution in [0.2, 0.25) is 0 Å². The van der Waals surface area contributed by atoms with E-state index in [0.717, 1.165) is 49.0 Å². The average molecular weight is 521 g/mol. The van der Waals surface area contributed by atoms with Crippen molar-refractivity contribution in [3.05, 3.63) is 71.3 Å². The first-order valence-corrected chi connectivity index (χ1v) is 15.1. The van der Waals surface area contributed by atoms with Crippen LogP contribution in [0.15, 0.2) is 64.3 Å². The van der Waals surface area contributed by atoms with Gasteiger partial charge < -0.3 is 19.7 Å². The molecule has 0 spiro atoms. The zero-order valence-electron chi connectivity index (χ0n) is 23.7. The molecule has 7 atom stereocenters. The van der Waals surface area contributed by atoms with Crippen molar-refractivity contribution in [2.45, 2.75) is 115 Å². The van der Waals surface area contributed by atoms with Crippen molar-refractivity contribution in [1.29, 1.82) is 0 Å². The highest BCUT2D eigenvalue weighted by Gasteiger charge is 2.53. The van der Waals surface area contributed by atoms with Crippen molar-refractivity contribution in [1.82, 2.24) is 0 Å². The zero-order chi connectivity index (χ0) is 27.1. The Morgan fingerprint density at radius 3 is 2.68 bits per heavy atom. The molecule has 38 heavy (non-hydrogen) atoms. The van der Waals surface area contributed by atoms with Gasteiger partial charge in [0.05, 0.1) is 30.0 Å². The third kappa shape index (κ3) is 5.17. The fourth-order valence-electron chi connectivity index (χ4n) is 8.09. The number of fused-ring (bicyclic) bond motifs is 1. The van der Waals surface area contributed by atoms with Gasteiger partial charge in [-0.25, -0.2) is 0 Å². The quantitative estimate of drug-likeness (QED) is 0.324. The maximum absolute atomic E-state index is 11.2. The van der Waals surface area contributed by atoms with Gasteiger partial charge in [-0.15, -0.1) is 0 Å². The summed E-state index contributed by atoms with van der Waals surface area (Å²) in [6.07, 6.45) is 20.1. The van der Waals surface area contributed by atoms with Gasteiger partial charge in [0.25, 0.3) is 0 Å². The van der Waals surface area contributed by atoms with Gasteiger partial charge in [0.1, 0.15) is 5.76 Å². The maximum atomic E-state index is 11.2. The Kier molecular flexibility index (Phi) is 7.97. The largest absolute Gasteiger partial charge is 0.468 e. The number of aryl methyl sites for hydroxylation is 1. The molecule has 4 nitrogen and oxygen atoms in total. The van der Waals surface area contributed by atoms with Crippen LogP contribution in [0.3, 0.4) is 0 Å². The van der Waals surface area contributed by atoms with Crippen LogP contribution in [0.1, 0.15) is 96.3 Å². The molecule has 4 fully saturated rings. The molecule has 0 saturated heterocycles. The lowest BCUT2D eigenvalue weighted by Gasteiger charge is -2.44. The molecule has 208 valence electrons. The van der Waals surface area contributed by atoms with Crippen molar-refractivity contribution >= 4 is 0 Å². The van der Waals surface area contributed by atoms with Crippen LogP contribution in [0, 0.1) is 23.2 Å². The Labute approximate surface area is 229 Å². The lowest BCUT2D eigenvalue weighted by molar-refractivity contribution is 0.0862. The molecular formula is C34H48O4. The number of hydrogen-bond donors (Lipinski definition) is 3. The summed E-state index contributed by atoms with van der Waals surface area (Å²) in [6, 6.07) is 2.16. The van der Waals surface area contributed by atoms with Gasteiger partial charge in [0, 0.05) is 6.42 Å². The predicted octanol–water partition coefficient (Wildman–Crippen LogP) is 6.96. The lowest BCUT2D eigenvalue weighted by Crippen LogP contribution is -2.35. The van der Waals surface area contributed by atoms with Crippen LogP contribution in [-0.4, -0.2) is 33.6 Å². The fourth-order valence-corrected chi connectivity index (χ4v) is 8.09. The third-order valence-electron chi connectivity index (χ3n) is 10.6. The van der Waals surface area contributed by atoms with Crippen molar-refractivity contribution in [3.8, 4) is 0 Å². The highest BCUT2D eigenvalue weighted by Crippen LogP contribution is 2.60. The van der Waals surface area contributed by atoms with E-state index in [9.17, 15) is 15.3 Å². The summed E-state index contributed by atoms with van der Waals surface area (Å²) in [6.45, 7) is 11.1. The van der Waals surface area contributed by atoms with Crippen LogP contribution >= 0.6 is 0 Å². The first kappa shape index (κ1) is 27.7. The van der Waals surface area contributed by atoms with E-state index in [2.05, 4.69) is 57.7 Å². The Balaban J connectivity index is 1.27. The Morgan fingerprint density at radius 1 is 1.16 bits per heavy atom. The van der Waals surface area contributed by atoms with Gasteiger partial charge in [-0.2, -0.15) is 0 Å². The lowest BCUT2D eigenvalue weighted by atomic mass is 9.61. The van der Waals surface area contributed by atoms with E-state index in [-0.39, 0.29) is 10.8 Å². The van der Waals surface area contributed by atoms with Gasteiger partial charge in [-0.3, -0.25) is 0 Å². The predicted molar refractivity (Wildman–Crippen MR) is 153 cm³/mol. The molecule has 1 aromatic rings. The Bertz CT molecular complexity index is 1100. The van der Waals surface area contributed by atoms with Crippen LogP contribution in [-0.2, 0) is 11.8 Å². The van der Waals surface area contributed by atoms with Crippen molar-refractivity contribution < 1.29 is 19.7 Å². The number of furan rings is 1. The van der Waals surface area contributed by atoms with Gasteiger partial charge >= 0.3 is 0 Å². The molecule has 1 aromatic heterocycles. The standard InChI is InChI=1S/C34H48O4/c1-5-7-24-18-32(38-21-24)34(16-17-34)31(37)14-9-22(2)28-12-13-29-25(8-6-15-33(28,29)4)10-11-26-19-27(35)20-30(36)23(26)3/h9-11,14,18,21-22,27-31,35-37H,3,5-8,12-13,15-17,19-20H2,1-2,4H3/t22-,27-,28-,29+,30+,31-,33-/m1/s1. The summed E-state index contributed by atoms with van der Waals surface area (Å²) in [5.74, 6) is 2.52. The van der Waals surface area contributed by atoms with E-state index in [4.69, 9.17) is 4.42 Å². The smallest absolute Gasteiger partial charge is 0.113 e. The summed E-state index contributed by atoms with van der Waals surface area (Å²) in [4.78, 5) is 0. The fraction of sp³-hybridized carbons (Fsp3) is 0.647. The van der Waals surface area contributed by atoms with Gasteiger partial charge in [0.15, 0.2) is 0 Å². The number of hydrogen-bond acceptors (Lipinski definition) is 4. The van der Waals surface area contributed by atoms with Gasteiger partial charge in [-0.1, -0.05) is 63.6 Å². The molecule has 4 aliphatic rings. The van der Waals surface area contributed by atoms with E-state index in [0.29, 0.717) is 30.6 Å². The molecule has 5 rings (SSSR count). The number of aliphatic hydroxyl groups is 3. The average Bonchev–Trinajstić information content (AvgIpc) is 3.42. The maximum Gasteiger partial charge on any atom is 0.113 e. The SMILES string of the molecule is C=C1C(=CC=C2CCC[C@]3(C)[C@@H]([C@H](C)C=C[C@@H](O)C4(c5cc(CCC)co5)CC4)CC[C@@H]23)C[C@@H](O)C[C@@H]1O. The summed E-state index contributed by atoms with van der Waals surface area (Å²) in [7, 11) is 0. The van der Waals surface area contributed by atoms with Crippen molar-refractivity contribution in [3.63, 3.8) is 0 Å². The molecule has 4 aliphatic carbocycles. The minimum atomic E-state index is -0.639. The van der Waals surface area contributed by atoms with Crippen LogP contribution in [0.25, 0.3) is 0 Å². The first-order chi connectivity index (χ1) is 18.2. The van der Waals surface area contributed by atoms with E-state index < -0.39 is 18.3 Å². The van der Waals surface area contributed by atoms with Crippen LogP contribution < -0.4 is 0 Å². The second kappa shape index (κ2) is 10.9. The molecule has 0 aromatic carbocycles. The third-order valence-corrected chi connectivity index (χ3v) is 10.6. The van der Waals surface area contributed by atoms with Gasteiger partial charge in [0.2, 0.25) is 0 Å². The van der Waals surface area contributed by atoms with E-state index in [1.54, 1.807) is 0 Å². The number of allylic oxidation sites excluding steroid dienone is 4. The minimum absolute atomic E-state index is 0.233. The second-order valence-electron chi connectivity index (χ2n) is 13.1.